The lowest BCUT2D eigenvalue weighted by Crippen LogP contribution is -1.88. The summed E-state index contributed by atoms with van der Waals surface area (Å²) >= 11 is 5.16. The van der Waals surface area contributed by atoms with E-state index in [1.807, 2.05) is 13.8 Å². The topological polar surface area (TPSA) is 12.4 Å². The summed E-state index contributed by atoms with van der Waals surface area (Å²) in [5, 5.41) is 0. The summed E-state index contributed by atoms with van der Waals surface area (Å²) in [5.74, 6) is 0. The highest BCUT2D eigenvalue weighted by molar-refractivity contribution is 6.20. The Morgan fingerprint density at radius 3 is 1.86 bits per heavy atom. The molecule has 0 rings (SSSR count). The molecular formula is C5H10ClN. The molecule has 0 amide bonds. The van der Waals surface area contributed by atoms with E-state index in [0.29, 0.717) is 0 Å². The van der Waals surface area contributed by atoms with Gasteiger partial charge in [0, 0.05) is 17.5 Å². The minimum absolute atomic E-state index is 0.972. The van der Waals surface area contributed by atoms with Crippen molar-refractivity contribution in [1.29, 1.82) is 0 Å². The van der Waals surface area contributed by atoms with Crippen molar-refractivity contribution in [3.05, 3.63) is 0 Å². The Morgan fingerprint density at radius 2 is 1.86 bits per heavy atom. The van der Waals surface area contributed by atoms with Crippen molar-refractivity contribution in [2.75, 3.05) is 0 Å². The maximum Gasteiger partial charge on any atom is 0.0364 e. The van der Waals surface area contributed by atoms with Crippen LogP contribution in [0.25, 0.3) is 0 Å². The maximum atomic E-state index is 5.16. The van der Waals surface area contributed by atoms with Gasteiger partial charge in [0.25, 0.3) is 0 Å². The first kappa shape index (κ1) is 6.96. The van der Waals surface area contributed by atoms with E-state index in [4.69, 9.17) is 11.8 Å². The molecule has 0 aliphatic heterocycles. The average molecular weight is 120 g/mol. The van der Waals surface area contributed by atoms with E-state index >= 15 is 0 Å². The summed E-state index contributed by atoms with van der Waals surface area (Å²) < 4.78 is 3.51. The van der Waals surface area contributed by atoms with E-state index in [9.17, 15) is 0 Å². The van der Waals surface area contributed by atoms with E-state index in [0.717, 1.165) is 18.6 Å². The first-order valence-electron chi connectivity index (χ1n) is 2.51. The van der Waals surface area contributed by atoms with E-state index in [1.54, 1.807) is 0 Å². The fourth-order valence-corrected chi connectivity index (χ4v) is 0.609. The van der Waals surface area contributed by atoms with Gasteiger partial charge >= 0.3 is 0 Å². The lowest BCUT2D eigenvalue weighted by atomic mass is 10.2. The molecule has 7 heavy (non-hydrogen) atoms. The minimum atomic E-state index is 0.972. The molecule has 0 bridgehead atoms. The van der Waals surface area contributed by atoms with Crippen LogP contribution in [-0.2, 0) is 0 Å². The second-order valence-corrected chi connectivity index (χ2v) is 1.53. The zero-order chi connectivity index (χ0) is 5.70. The summed E-state index contributed by atoms with van der Waals surface area (Å²) in [4.78, 5) is 0. The average Bonchev–Trinajstić information content (AvgIpc) is 1.72. The van der Waals surface area contributed by atoms with Gasteiger partial charge in [-0.2, -0.15) is 4.51 Å². The molecule has 0 aliphatic carbocycles. The monoisotopic (exact) mass is 119 g/mol. The molecule has 0 N–H and O–H groups in total. The lowest BCUT2D eigenvalue weighted by molar-refractivity contribution is 1.16. The highest BCUT2D eigenvalue weighted by Crippen LogP contribution is 1.92. The zero-order valence-corrected chi connectivity index (χ0v) is 5.50. The third-order valence-corrected chi connectivity index (χ3v) is 1.17. The van der Waals surface area contributed by atoms with Gasteiger partial charge in [-0.15, -0.1) is 0 Å². The standard InChI is InChI=1S/C5H10ClN/c1-3-5(4-2)7-6/h3-4H2,1-2H3. The third-order valence-electron chi connectivity index (χ3n) is 0.936. The van der Waals surface area contributed by atoms with E-state index in [-0.39, 0.29) is 0 Å². The molecule has 0 unspecified atom stereocenters. The molecule has 2 heteroatoms. The highest BCUT2D eigenvalue weighted by atomic mass is 35.5. The number of halogens is 1. The van der Waals surface area contributed by atoms with Crippen LogP contribution in [0.15, 0.2) is 4.51 Å². The van der Waals surface area contributed by atoms with Gasteiger partial charge in [0.1, 0.15) is 0 Å². The number of hydrogen-bond acceptors (Lipinski definition) is 1. The Bertz CT molecular complexity index is 62.5. The fraction of sp³-hybridized carbons (Fsp3) is 0.800. The molecular weight excluding hydrogens is 110 g/mol. The molecule has 0 aromatic heterocycles. The van der Waals surface area contributed by atoms with E-state index < -0.39 is 0 Å². The summed E-state index contributed by atoms with van der Waals surface area (Å²) in [7, 11) is 0. The van der Waals surface area contributed by atoms with Crippen LogP contribution in [-0.4, -0.2) is 5.71 Å². The van der Waals surface area contributed by atoms with Crippen LogP contribution in [0, 0.1) is 0 Å². The van der Waals surface area contributed by atoms with Crippen molar-refractivity contribution in [2.24, 2.45) is 4.51 Å². The SMILES string of the molecule is CCC(CC)=NCl. The second-order valence-electron chi connectivity index (χ2n) is 1.36. The highest BCUT2D eigenvalue weighted by Gasteiger charge is 1.86. The van der Waals surface area contributed by atoms with Crippen molar-refractivity contribution in [3.8, 4) is 0 Å². The van der Waals surface area contributed by atoms with Crippen LogP contribution in [0.1, 0.15) is 26.7 Å². The first-order valence-corrected chi connectivity index (χ1v) is 2.85. The van der Waals surface area contributed by atoms with Crippen molar-refractivity contribution in [2.45, 2.75) is 26.7 Å². The van der Waals surface area contributed by atoms with Gasteiger partial charge in [-0.3, -0.25) is 0 Å². The Hall–Kier alpha value is -0.0400. The second kappa shape index (κ2) is 4.13. The molecule has 42 valence electrons. The summed E-state index contributed by atoms with van der Waals surface area (Å²) in [6, 6.07) is 0. The van der Waals surface area contributed by atoms with Crippen LogP contribution in [0.2, 0.25) is 0 Å². The fourth-order valence-electron chi connectivity index (χ4n) is 0.370. The summed E-state index contributed by atoms with van der Waals surface area (Å²) in [6.07, 6.45) is 1.94. The number of rotatable bonds is 2. The van der Waals surface area contributed by atoms with Crippen LogP contribution >= 0.6 is 11.8 Å². The largest absolute Gasteiger partial charge is 0.187 e. The van der Waals surface area contributed by atoms with Gasteiger partial charge < -0.3 is 0 Å². The molecule has 0 atom stereocenters. The van der Waals surface area contributed by atoms with Gasteiger partial charge in [0.05, 0.1) is 0 Å². The molecule has 0 aromatic rings. The van der Waals surface area contributed by atoms with Gasteiger partial charge in [-0.1, -0.05) is 13.8 Å². The molecule has 0 fully saturated rings. The van der Waals surface area contributed by atoms with Gasteiger partial charge in [0.15, 0.2) is 0 Å². The Balaban J connectivity index is 3.38. The molecule has 0 aliphatic rings. The molecule has 1 nitrogen and oxygen atoms in total. The predicted molar refractivity (Wildman–Crippen MR) is 33.9 cm³/mol. The quantitative estimate of drug-likeness (QED) is 0.495. The third kappa shape index (κ3) is 2.63. The summed E-state index contributed by atoms with van der Waals surface area (Å²) in [5.41, 5.74) is 1.07. The number of hydrogen-bond donors (Lipinski definition) is 0. The van der Waals surface area contributed by atoms with Crippen molar-refractivity contribution in [1.82, 2.24) is 0 Å². The Labute approximate surface area is 49.5 Å². The normalized spacial score (nSPS) is 8.43. The Morgan fingerprint density at radius 1 is 1.43 bits per heavy atom. The molecule has 0 radical (unpaired) electrons. The van der Waals surface area contributed by atoms with Crippen LogP contribution in [0.5, 0.6) is 0 Å². The molecule has 0 saturated heterocycles. The van der Waals surface area contributed by atoms with Gasteiger partial charge in [-0.05, 0) is 12.8 Å². The van der Waals surface area contributed by atoms with Crippen LogP contribution in [0.3, 0.4) is 0 Å². The molecule has 0 heterocycles. The van der Waals surface area contributed by atoms with E-state index in [1.165, 1.54) is 0 Å². The van der Waals surface area contributed by atoms with Crippen molar-refractivity contribution in [3.63, 3.8) is 0 Å². The first-order chi connectivity index (χ1) is 3.35. The van der Waals surface area contributed by atoms with Crippen molar-refractivity contribution < 1.29 is 0 Å². The maximum absolute atomic E-state index is 5.16. The van der Waals surface area contributed by atoms with Crippen LogP contribution in [0.4, 0.5) is 0 Å². The van der Waals surface area contributed by atoms with Crippen molar-refractivity contribution >= 4 is 17.5 Å². The van der Waals surface area contributed by atoms with Gasteiger partial charge in [0.2, 0.25) is 0 Å². The summed E-state index contributed by atoms with van der Waals surface area (Å²) in [6.45, 7) is 4.09. The lowest BCUT2D eigenvalue weighted by Gasteiger charge is -1.89. The molecule has 0 saturated carbocycles. The zero-order valence-electron chi connectivity index (χ0n) is 4.74. The van der Waals surface area contributed by atoms with Gasteiger partial charge in [-0.25, -0.2) is 0 Å². The predicted octanol–water partition coefficient (Wildman–Crippen LogP) is 2.40. The minimum Gasteiger partial charge on any atom is -0.187 e. The molecule has 0 spiro atoms. The molecule has 0 aromatic carbocycles. The smallest absolute Gasteiger partial charge is 0.0364 e. The Kier molecular flexibility index (Phi) is 4.10. The van der Waals surface area contributed by atoms with Crippen LogP contribution < -0.4 is 0 Å². The van der Waals surface area contributed by atoms with E-state index in [2.05, 4.69) is 4.51 Å². The number of nitrogens with zero attached hydrogens (tertiary/aromatic N) is 1.